The first-order chi connectivity index (χ1) is 12.6. The average molecular weight is 351 g/mol. The Labute approximate surface area is 154 Å². The lowest BCUT2D eigenvalue weighted by atomic mass is 10.0. The summed E-state index contributed by atoms with van der Waals surface area (Å²) in [6.07, 6.45) is 4.10. The topological polar surface area (TPSA) is 62.3 Å². The zero-order valence-electron chi connectivity index (χ0n) is 15.4. The molecule has 2 amide bonds. The Kier molecular flexibility index (Phi) is 5.66. The van der Waals surface area contributed by atoms with Crippen molar-refractivity contribution >= 4 is 11.8 Å². The number of likely N-dealkylation sites (tertiary alicyclic amines) is 1. The number of hydrogen-bond acceptors (Lipinski definition) is 3. The predicted octanol–water partition coefficient (Wildman–Crippen LogP) is 2.99. The fraction of sp³-hybridized carbons (Fsp3) is 0.381. The Balaban J connectivity index is 1.56. The lowest BCUT2D eigenvalue weighted by Gasteiger charge is -2.32. The van der Waals surface area contributed by atoms with Gasteiger partial charge in [-0.3, -0.25) is 14.6 Å². The molecule has 0 spiro atoms. The first-order valence-electron chi connectivity index (χ1n) is 9.19. The van der Waals surface area contributed by atoms with Crippen LogP contribution in [0.15, 0.2) is 42.6 Å². The van der Waals surface area contributed by atoms with Crippen LogP contribution in [0.1, 0.15) is 51.7 Å². The summed E-state index contributed by atoms with van der Waals surface area (Å²) in [5.41, 5.74) is 3.31. The number of benzene rings is 1. The Bertz CT molecular complexity index is 795. The van der Waals surface area contributed by atoms with Crippen LogP contribution in [0.2, 0.25) is 0 Å². The number of aromatic nitrogens is 1. The highest BCUT2D eigenvalue weighted by atomic mass is 16.2. The van der Waals surface area contributed by atoms with Crippen molar-refractivity contribution in [2.75, 3.05) is 13.1 Å². The monoisotopic (exact) mass is 351 g/mol. The number of amides is 2. The van der Waals surface area contributed by atoms with E-state index in [2.05, 4.69) is 17.2 Å². The molecule has 1 N–H and O–H groups in total. The molecule has 136 valence electrons. The summed E-state index contributed by atoms with van der Waals surface area (Å²) >= 11 is 0. The number of hydrogen-bond donors (Lipinski definition) is 1. The molecule has 1 fully saturated rings. The third-order valence-electron chi connectivity index (χ3n) is 4.96. The molecule has 1 saturated heterocycles. The van der Waals surface area contributed by atoms with Gasteiger partial charge in [0.15, 0.2) is 0 Å². The van der Waals surface area contributed by atoms with E-state index in [1.165, 1.54) is 0 Å². The zero-order chi connectivity index (χ0) is 18.5. The van der Waals surface area contributed by atoms with Crippen molar-refractivity contribution in [2.24, 2.45) is 0 Å². The Hall–Kier alpha value is -2.69. The molecule has 1 aromatic carbocycles. The molecule has 0 unspecified atom stereocenters. The second kappa shape index (κ2) is 8.13. The maximum Gasteiger partial charge on any atom is 0.272 e. The van der Waals surface area contributed by atoms with Gasteiger partial charge in [0, 0.05) is 30.9 Å². The molecule has 0 atom stereocenters. The maximum absolute atomic E-state index is 12.6. The third kappa shape index (κ3) is 4.10. The van der Waals surface area contributed by atoms with Crippen LogP contribution < -0.4 is 5.32 Å². The van der Waals surface area contributed by atoms with Crippen molar-refractivity contribution in [3.63, 3.8) is 0 Å². The fourth-order valence-corrected chi connectivity index (χ4v) is 3.29. The van der Waals surface area contributed by atoms with Crippen LogP contribution in [-0.2, 0) is 6.42 Å². The molecule has 1 aliphatic rings. The summed E-state index contributed by atoms with van der Waals surface area (Å²) in [5, 5.41) is 3.10. The highest BCUT2D eigenvalue weighted by Crippen LogP contribution is 2.15. The van der Waals surface area contributed by atoms with E-state index in [1.807, 2.05) is 48.2 Å². The standard InChI is InChI=1S/C21H25N3O2/c1-3-16-8-11-22-19(14-16)21(26)24-12-9-17(10-13-24)23-20(25)18-7-5-4-6-15(18)2/h4-8,11,14,17H,3,9-10,12-13H2,1-2H3,(H,23,25). The molecule has 5 heteroatoms. The van der Waals surface area contributed by atoms with Crippen LogP contribution in [-0.4, -0.2) is 40.8 Å². The van der Waals surface area contributed by atoms with E-state index in [9.17, 15) is 9.59 Å². The first-order valence-corrected chi connectivity index (χ1v) is 9.19. The van der Waals surface area contributed by atoms with Gasteiger partial charge in [-0.25, -0.2) is 0 Å². The minimum atomic E-state index is -0.0369. The van der Waals surface area contributed by atoms with E-state index >= 15 is 0 Å². The van der Waals surface area contributed by atoms with E-state index in [0.717, 1.165) is 30.4 Å². The molecular formula is C21H25N3O2. The summed E-state index contributed by atoms with van der Waals surface area (Å²) < 4.78 is 0. The SMILES string of the molecule is CCc1ccnc(C(=O)N2CCC(NC(=O)c3ccccc3C)CC2)c1. The molecule has 2 aromatic rings. The molecule has 5 nitrogen and oxygen atoms in total. The smallest absolute Gasteiger partial charge is 0.272 e. The van der Waals surface area contributed by atoms with Gasteiger partial charge in [0.1, 0.15) is 5.69 Å². The Morgan fingerprint density at radius 2 is 1.92 bits per heavy atom. The van der Waals surface area contributed by atoms with Crippen LogP contribution in [0.25, 0.3) is 0 Å². The lowest BCUT2D eigenvalue weighted by molar-refractivity contribution is 0.0692. The molecule has 0 aliphatic carbocycles. The van der Waals surface area contributed by atoms with Crippen LogP contribution in [0.3, 0.4) is 0 Å². The second-order valence-corrected chi connectivity index (χ2v) is 6.76. The van der Waals surface area contributed by atoms with Crippen molar-refractivity contribution in [1.82, 2.24) is 15.2 Å². The van der Waals surface area contributed by atoms with Crippen LogP contribution in [0, 0.1) is 6.92 Å². The number of carbonyl (C=O) groups excluding carboxylic acids is 2. The van der Waals surface area contributed by atoms with Gasteiger partial charge in [0.05, 0.1) is 0 Å². The van der Waals surface area contributed by atoms with Crippen LogP contribution in [0.5, 0.6) is 0 Å². The molecule has 0 bridgehead atoms. The summed E-state index contributed by atoms with van der Waals surface area (Å²) in [5.74, 6) is -0.0610. The van der Waals surface area contributed by atoms with Gasteiger partial charge in [-0.05, 0) is 55.5 Å². The lowest BCUT2D eigenvalue weighted by Crippen LogP contribution is -2.46. The number of aryl methyl sites for hydroxylation is 2. The van der Waals surface area contributed by atoms with Gasteiger partial charge in [-0.15, -0.1) is 0 Å². The highest BCUT2D eigenvalue weighted by molar-refractivity contribution is 5.96. The van der Waals surface area contributed by atoms with E-state index in [4.69, 9.17) is 0 Å². The van der Waals surface area contributed by atoms with Crippen LogP contribution in [0.4, 0.5) is 0 Å². The van der Waals surface area contributed by atoms with Crippen molar-refractivity contribution in [1.29, 1.82) is 0 Å². The molecule has 2 heterocycles. The minimum Gasteiger partial charge on any atom is -0.349 e. The minimum absolute atomic E-state index is 0.0241. The molecule has 0 radical (unpaired) electrons. The number of nitrogens with one attached hydrogen (secondary N) is 1. The van der Waals surface area contributed by atoms with Gasteiger partial charge in [-0.1, -0.05) is 25.1 Å². The van der Waals surface area contributed by atoms with E-state index in [1.54, 1.807) is 6.20 Å². The maximum atomic E-state index is 12.6. The van der Waals surface area contributed by atoms with E-state index < -0.39 is 0 Å². The van der Waals surface area contributed by atoms with Crippen molar-refractivity contribution in [3.05, 3.63) is 65.0 Å². The number of pyridine rings is 1. The highest BCUT2D eigenvalue weighted by Gasteiger charge is 2.25. The van der Waals surface area contributed by atoms with E-state index in [0.29, 0.717) is 24.3 Å². The quantitative estimate of drug-likeness (QED) is 0.921. The number of rotatable bonds is 4. The predicted molar refractivity (Wildman–Crippen MR) is 101 cm³/mol. The fourth-order valence-electron chi connectivity index (χ4n) is 3.29. The molecule has 1 aromatic heterocycles. The normalized spacial score (nSPS) is 14.9. The van der Waals surface area contributed by atoms with Crippen molar-refractivity contribution < 1.29 is 9.59 Å². The third-order valence-corrected chi connectivity index (χ3v) is 4.96. The van der Waals surface area contributed by atoms with Gasteiger partial charge in [0.2, 0.25) is 0 Å². The summed E-state index contributed by atoms with van der Waals surface area (Å²) in [7, 11) is 0. The summed E-state index contributed by atoms with van der Waals surface area (Å²) in [6, 6.07) is 11.5. The van der Waals surface area contributed by atoms with Gasteiger partial charge < -0.3 is 10.2 Å². The zero-order valence-corrected chi connectivity index (χ0v) is 15.4. The van der Waals surface area contributed by atoms with Gasteiger partial charge in [-0.2, -0.15) is 0 Å². The molecular weight excluding hydrogens is 326 g/mol. The number of nitrogens with zero attached hydrogens (tertiary/aromatic N) is 2. The number of piperidine rings is 1. The van der Waals surface area contributed by atoms with Gasteiger partial charge >= 0.3 is 0 Å². The molecule has 0 saturated carbocycles. The average Bonchev–Trinajstić information content (AvgIpc) is 2.68. The van der Waals surface area contributed by atoms with E-state index in [-0.39, 0.29) is 17.9 Å². The Morgan fingerprint density at radius 1 is 1.19 bits per heavy atom. The molecule has 26 heavy (non-hydrogen) atoms. The van der Waals surface area contributed by atoms with Crippen molar-refractivity contribution in [3.8, 4) is 0 Å². The number of carbonyl (C=O) groups is 2. The second-order valence-electron chi connectivity index (χ2n) is 6.76. The molecule has 1 aliphatic heterocycles. The van der Waals surface area contributed by atoms with Crippen LogP contribution >= 0.6 is 0 Å². The largest absolute Gasteiger partial charge is 0.349 e. The first kappa shape index (κ1) is 18.1. The molecule has 3 rings (SSSR count). The summed E-state index contributed by atoms with van der Waals surface area (Å²) in [6.45, 7) is 5.27. The summed E-state index contributed by atoms with van der Waals surface area (Å²) in [4.78, 5) is 31.1. The van der Waals surface area contributed by atoms with Crippen molar-refractivity contribution in [2.45, 2.75) is 39.2 Å². The van der Waals surface area contributed by atoms with Gasteiger partial charge in [0.25, 0.3) is 11.8 Å². The Morgan fingerprint density at radius 3 is 2.62 bits per heavy atom.